The summed E-state index contributed by atoms with van der Waals surface area (Å²) in [7, 11) is 0. The van der Waals surface area contributed by atoms with Crippen molar-refractivity contribution in [2.75, 3.05) is 0 Å². The van der Waals surface area contributed by atoms with E-state index in [0.29, 0.717) is 0 Å². The number of carbonyl (C=O) groups excluding carboxylic acids is 3. The average Bonchev–Trinajstić information content (AvgIpc) is 2.52. The molecule has 2 N–H and O–H groups in total. The van der Waals surface area contributed by atoms with Gasteiger partial charge in [0.25, 0.3) is 5.91 Å². The Morgan fingerprint density at radius 1 is 1.12 bits per heavy atom. The van der Waals surface area contributed by atoms with E-state index in [9.17, 15) is 14.4 Å². The Morgan fingerprint density at radius 3 is 2.42 bits per heavy atom. The van der Waals surface area contributed by atoms with Gasteiger partial charge in [-0.25, -0.2) is 4.79 Å². The van der Waals surface area contributed by atoms with E-state index < -0.39 is 29.6 Å². The molecule has 0 radical (unpaired) electrons. The van der Waals surface area contributed by atoms with Crippen LogP contribution in [0.2, 0.25) is 0 Å². The van der Waals surface area contributed by atoms with Crippen molar-refractivity contribution in [1.29, 1.82) is 0 Å². The molecule has 0 heterocycles. The standard InChI is InChI=1S/C20H28N2O4/c1-13(18(24)21-19(25)22-20(2,3)4)26-17(23)12-14-9-10-15-7-5-6-8-16(15)11-14/h9-11,13H,5-8,12H2,1-4H3,(H2,21,22,24,25)/t13-/m1/s1. The van der Waals surface area contributed by atoms with Gasteiger partial charge < -0.3 is 10.1 Å². The summed E-state index contributed by atoms with van der Waals surface area (Å²) in [6.45, 7) is 6.86. The van der Waals surface area contributed by atoms with Gasteiger partial charge in [0.05, 0.1) is 6.42 Å². The highest BCUT2D eigenvalue weighted by Crippen LogP contribution is 2.22. The molecule has 6 heteroatoms. The second kappa shape index (κ2) is 8.34. The number of urea groups is 1. The zero-order valence-electron chi connectivity index (χ0n) is 16.0. The molecule has 0 aromatic heterocycles. The third-order valence-electron chi connectivity index (χ3n) is 4.16. The molecule has 142 valence electrons. The molecule has 1 aliphatic rings. The number of esters is 1. The number of hydrogen-bond donors (Lipinski definition) is 2. The van der Waals surface area contributed by atoms with E-state index in [2.05, 4.69) is 22.8 Å². The van der Waals surface area contributed by atoms with Crippen molar-refractivity contribution >= 4 is 17.9 Å². The lowest BCUT2D eigenvalue weighted by Crippen LogP contribution is -2.50. The van der Waals surface area contributed by atoms with Gasteiger partial charge in [-0.1, -0.05) is 18.2 Å². The van der Waals surface area contributed by atoms with Crippen molar-refractivity contribution in [1.82, 2.24) is 10.6 Å². The summed E-state index contributed by atoms with van der Waals surface area (Å²) in [5.41, 5.74) is 3.07. The van der Waals surface area contributed by atoms with E-state index in [-0.39, 0.29) is 6.42 Å². The molecule has 0 saturated carbocycles. The molecule has 1 aromatic carbocycles. The molecule has 0 spiro atoms. The maximum absolute atomic E-state index is 12.1. The Labute approximate surface area is 154 Å². The van der Waals surface area contributed by atoms with Crippen LogP contribution in [0.3, 0.4) is 0 Å². The van der Waals surface area contributed by atoms with E-state index in [0.717, 1.165) is 18.4 Å². The normalized spacial score (nSPS) is 14.8. The second-order valence-electron chi connectivity index (χ2n) is 7.81. The number of aryl methyl sites for hydroxylation is 2. The molecule has 0 aliphatic heterocycles. The molecule has 0 bridgehead atoms. The lowest BCUT2D eigenvalue weighted by molar-refractivity contribution is -0.153. The number of imide groups is 1. The molecule has 1 aromatic rings. The number of fused-ring (bicyclic) bond motifs is 1. The van der Waals surface area contributed by atoms with Crippen molar-refractivity contribution in [3.8, 4) is 0 Å². The first-order valence-electron chi connectivity index (χ1n) is 9.07. The van der Waals surface area contributed by atoms with Crippen LogP contribution in [0.25, 0.3) is 0 Å². The van der Waals surface area contributed by atoms with Crippen LogP contribution in [0.1, 0.15) is 57.2 Å². The van der Waals surface area contributed by atoms with Crippen molar-refractivity contribution in [2.24, 2.45) is 0 Å². The first-order chi connectivity index (χ1) is 12.1. The van der Waals surface area contributed by atoms with E-state index in [1.807, 2.05) is 6.07 Å². The zero-order valence-corrected chi connectivity index (χ0v) is 16.0. The third kappa shape index (κ3) is 6.17. The fraction of sp³-hybridized carbons (Fsp3) is 0.550. The molecule has 6 nitrogen and oxygen atoms in total. The molecule has 0 unspecified atom stereocenters. The summed E-state index contributed by atoms with van der Waals surface area (Å²) in [6, 6.07) is 5.45. The highest BCUT2D eigenvalue weighted by molar-refractivity contribution is 5.97. The van der Waals surface area contributed by atoms with Gasteiger partial charge in [-0.15, -0.1) is 0 Å². The van der Waals surface area contributed by atoms with Crippen molar-refractivity contribution in [2.45, 2.75) is 71.4 Å². The zero-order chi connectivity index (χ0) is 19.3. The first kappa shape index (κ1) is 19.9. The fourth-order valence-electron chi connectivity index (χ4n) is 2.94. The minimum atomic E-state index is -1.04. The molecule has 26 heavy (non-hydrogen) atoms. The van der Waals surface area contributed by atoms with Crippen LogP contribution in [0.5, 0.6) is 0 Å². The summed E-state index contributed by atoms with van der Waals surface area (Å²) in [6.07, 6.45) is 3.59. The van der Waals surface area contributed by atoms with Crippen LogP contribution in [-0.4, -0.2) is 29.6 Å². The minimum absolute atomic E-state index is 0.110. The van der Waals surface area contributed by atoms with Gasteiger partial charge in [0.1, 0.15) is 0 Å². The number of benzene rings is 1. The van der Waals surface area contributed by atoms with Gasteiger partial charge in [0, 0.05) is 5.54 Å². The summed E-state index contributed by atoms with van der Waals surface area (Å²) in [5.74, 6) is -1.13. The predicted octanol–water partition coefficient (Wildman–Crippen LogP) is 2.66. The summed E-state index contributed by atoms with van der Waals surface area (Å²) >= 11 is 0. The molecule has 0 saturated heterocycles. The van der Waals surface area contributed by atoms with Gasteiger partial charge in [-0.3, -0.25) is 14.9 Å². The van der Waals surface area contributed by atoms with E-state index in [1.165, 1.54) is 30.9 Å². The lowest BCUT2D eigenvalue weighted by atomic mass is 9.90. The number of carbonyl (C=O) groups is 3. The summed E-state index contributed by atoms with van der Waals surface area (Å²) in [5, 5.41) is 4.80. The Balaban J connectivity index is 1.85. The third-order valence-corrected chi connectivity index (χ3v) is 4.16. The molecule has 0 fully saturated rings. The van der Waals surface area contributed by atoms with E-state index in [1.54, 1.807) is 20.8 Å². The van der Waals surface area contributed by atoms with Crippen molar-refractivity contribution < 1.29 is 19.1 Å². The largest absolute Gasteiger partial charge is 0.452 e. The lowest BCUT2D eigenvalue weighted by Gasteiger charge is -2.21. The van der Waals surface area contributed by atoms with Crippen LogP contribution < -0.4 is 10.6 Å². The van der Waals surface area contributed by atoms with Crippen molar-refractivity contribution in [3.05, 3.63) is 34.9 Å². The van der Waals surface area contributed by atoms with Gasteiger partial charge in [-0.05, 0) is 70.1 Å². The highest BCUT2D eigenvalue weighted by atomic mass is 16.5. The summed E-state index contributed by atoms with van der Waals surface area (Å²) in [4.78, 5) is 35.8. The maximum atomic E-state index is 12.1. The second-order valence-corrected chi connectivity index (χ2v) is 7.81. The van der Waals surface area contributed by atoms with Crippen LogP contribution in [0.15, 0.2) is 18.2 Å². The minimum Gasteiger partial charge on any atom is -0.452 e. The molecular formula is C20H28N2O4. The molecule has 3 amide bonds. The first-order valence-corrected chi connectivity index (χ1v) is 9.07. The maximum Gasteiger partial charge on any atom is 0.321 e. The molecular weight excluding hydrogens is 332 g/mol. The topological polar surface area (TPSA) is 84.5 Å². The Morgan fingerprint density at radius 2 is 1.77 bits per heavy atom. The van der Waals surface area contributed by atoms with Gasteiger partial charge in [-0.2, -0.15) is 0 Å². The Bertz CT molecular complexity index is 692. The Hall–Kier alpha value is -2.37. The number of ether oxygens (including phenoxy) is 1. The van der Waals surface area contributed by atoms with Gasteiger partial charge in [0.2, 0.25) is 0 Å². The SMILES string of the molecule is C[C@@H](OC(=O)Cc1ccc2c(c1)CCCC2)C(=O)NC(=O)NC(C)(C)C. The highest BCUT2D eigenvalue weighted by Gasteiger charge is 2.22. The van der Waals surface area contributed by atoms with E-state index in [4.69, 9.17) is 4.74 Å². The number of nitrogens with one attached hydrogen (secondary N) is 2. The van der Waals surface area contributed by atoms with Crippen molar-refractivity contribution in [3.63, 3.8) is 0 Å². The molecule has 1 aliphatic carbocycles. The van der Waals surface area contributed by atoms with Crippen LogP contribution >= 0.6 is 0 Å². The van der Waals surface area contributed by atoms with E-state index >= 15 is 0 Å². The van der Waals surface area contributed by atoms with Gasteiger partial charge in [0.15, 0.2) is 6.10 Å². The smallest absolute Gasteiger partial charge is 0.321 e. The fourth-order valence-corrected chi connectivity index (χ4v) is 2.94. The van der Waals surface area contributed by atoms with Crippen LogP contribution in [-0.2, 0) is 33.6 Å². The number of amides is 3. The van der Waals surface area contributed by atoms with Crippen LogP contribution in [0, 0.1) is 0 Å². The Kier molecular flexibility index (Phi) is 6.40. The predicted molar refractivity (Wildman–Crippen MR) is 98.8 cm³/mol. The average molecular weight is 360 g/mol. The molecule has 1 atom stereocenters. The van der Waals surface area contributed by atoms with Gasteiger partial charge >= 0.3 is 12.0 Å². The van der Waals surface area contributed by atoms with Crippen LogP contribution in [0.4, 0.5) is 4.79 Å². The summed E-state index contributed by atoms with van der Waals surface area (Å²) < 4.78 is 5.16. The quantitative estimate of drug-likeness (QED) is 0.809. The monoisotopic (exact) mass is 360 g/mol. The number of rotatable bonds is 4. The number of hydrogen-bond acceptors (Lipinski definition) is 4. The molecule has 2 rings (SSSR count).